The van der Waals surface area contributed by atoms with Crippen molar-refractivity contribution < 1.29 is 33.3 Å². The van der Waals surface area contributed by atoms with Crippen molar-refractivity contribution in [3.05, 3.63) is 174 Å². The number of rotatable bonds is 13. The molecule has 0 saturated carbocycles. The maximum atomic E-state index is 13.7. The summed E-state index contributed by atoms with van der Waals surface area (Å²) in [5, 5.41) is 0. The average Bonchev–Trinajstić information content (AvgIpc) is 3.14. The largest absolute Gasteiger partial charge is 0.452 e. The van der Waals surface area contributed by atoms with Crippen molar-refractivity contribution in [1.82, 2.24) is 0 Å². The maximum Gasteiger partial charge on any atom is 0.338 e. The third-order valence-corrected chi connectivity index (χ3v) is 8.93. The summed E-state index contributed by atoms with van der Waals surface area (Å²) in [5.41, 5.74) is 1.89. The minimum Gasteiger partial charge on any atom is -0.452 e. The highest BCUT2D eigenvalue weighted by atomic mass is 32.2. The Morgan fingerprint density at radius 2 is 1.00 bits per heavy atom. The fourth-order valence-corrected chi connectivity index (χ4v) is 6.49. The Balaban J connectivity index is 1.36. The highest BCUT2D eigenvalue weighted by molar-refractivity contribution is 7.99. The van der Waals surface area contributed by atoms with E-state index in [1.807, 2.05) is 103 Å². The lowest BCUT2D eigenvalue weighted by Gasteiger charge is -2.45. The second-order valence-corrected chi connectivity index (χ2v) is 12.4. The molecule has 0 N–H and O–H groups in total. The highest BCUT2D eigenvalue weighted by Gasteiger charge is 2.51. The molecule has 0 aliphatic carbocycles. The molecule has 0 bridgehead atoms. The third-order valence-electron chi connectivity index (χ3n) is 7.77. The van der Waals surface area contributed by atoms with E-state index >= 15 is 0 Å². The first-order valence-electron chi connectivity index (χ1n) is 15.8. The molecular weight excluding hydrogens is 625 g/mol. The van der Waals surface area contributed by atoms with E-state index in [0.29, 0.717) is 17.7 Å². The fourth-order valence-electron chi connectivity index (χ4n) is 5.37. The second kappa shape index (κ2) is 16.9. The summed E-state index contributed by atoms with van der Waals surface area (Å²) in [6.45, 7) is 0.696. The summed E-state index contributed by atoms with van der Waals surface area (Å²) in [6.07, 6.45) is -3.62. The van der Waals surface area contributed by atoms with E-state index in [9.17, 15) is 9.59 Å². The van der Waals surface area contributed by atoms with Gasteiger partial charge in [0.25, 0.3) is 0 Å². The van der Waals surface area contributed by atoms with Gasteiger partial charge in [0, 0.05) is 4.90 Å². The number of hydrogen-bond donors (Lipinski definition) is 0. The van der Waals surface area contributed by atoms with E-state index in [2.05, 4.69) is 0 Å². The first kappa shape index (κ1) is 33.2. The summed E-state index contributed by atoms with van der Waals surface area (Å²) in [5.74, 6) is -1.13. The first-order chi connectivity index (χ1) is 23.6. The van der Waals surface area contributed by atoms with Gasteiger partial charge in [-0.25, -0.2) is 9.59 Å². The van der Waals surface area contributed by atoms with Gasteiger partial charge in [-0.2, -0.15) is 0 Å². The van der Waals surface area contributed by atoms with Crippen LogP contribution in [0.2, 0.25) is 0 Å². The summed E-state index contributed by atoms with van der Waals surface area (Å²) in [4.78, 5) is 28.2. The Labute approximate surface area is 284 Å². The highest BCUT2D eigenvalue weighted by Crippen LogP contribution is 2.38. The van der Waals surface area contributed by atoms with Gasteiger partial charge in [0.15, 0.2) is 12.2 Å². The molecule has 6 rings (SSSR count). The molecule has 5 atom stereocenters. The van der Waals surface area contributed by atoms with E-state index in [4.69, 9.17) is 23.7 Å². The Kier molecular flexibility index (Phi) is 11.7. The quantitative estimate of drug-likeness (QED) is 0.119. The second-order valence-electron chi connectivity index (χ2n) is 11.2. The lowest BCUT2D eigenvalue weighted by Crippen LogP contribution is -2.61. The number of ether oxygens (including phenoxy) is 5. The molecule has 244 valence electrons. The van der Waals surface area contributed by atoms with Gasteiger partial charge in [0.05, 0.1) is 30.9 Å². The number of thioether (sulfide) groups is 1. The molecular formula is C40H36O7S. The predicted molar refractivity (Wildman–Crippen MR) is 183 cm³/mol. The smallest absolute Gasteiger partial charge is 0.338 e. The molecule has 1 heterocycles. The van der Waals surface area contributed by atoms with Crippen molar-refractivity contribution >= 4 is 23.7 Å². The molecule has 5 aromatic rings. The zero-order valence-electron chi connectivity index (χ0n) is 26.2. The van der Waals surface area contributed by atoms with Gasteiger partial charge in [-0.15, -0.1) is 0 Å². The molecule has 8 heteroatoms. The molecule has 1 fully saturated rings. The van der Waals surface area contributed by atoms with Crippen molar-refractivity contribution in [1.29, 1.82) is 0 Å². The van der Waals surface area contributed by atoms with Crippen LogP contribution in [0.25, 0.3) is 0 Å². The zero-order chi connectivity index (χ0) is 33.0. The number of benzene rings is 5. The van der Waals surface area contributed by atoms with Crippen LogP contribution >= 0.6 is 11.8 Å². The van der Waals surface area contributed by atoms with Crippen molar-refractivity contribution in [3.8, 4) is 0 Å². The van der Waals surface area contributed by atoms with Gasteiger partial charge in [-0.05, 0) is 47.5 Å². The fraction of sp³-hybridized carbons (Fsp3) is 0.200. The van der Waals surface area contributed by atoms with E-state index < -0.39 is 41.8 Å². The Morgan fingerprint density at radius 1 is 0.542 bits per heavy atom. The van der Waals surface area contributed by atoms with Crippen LogP contribution in [0.1, 0.15) is 31.8 Å². The Bertz CT molecular complexity index is 1710. The topological polar surface area (TPSA) is 80.3 Å². The van der Waals surface area contributed by atoms with E-state index in [0.717, 1.165) is 16.0 Å². The summed E-state index contributed by atoms with van der Waals surface area (Å²) in [6, 6.07) is 46.7. The monoisotopic (exact) mass is 660 g/mol. The van der Waals surface area contributed by atoms with Crippen molar-refractivity contribution in [2.75, 3.05) is 6.61 Å². The summed E-state index contributed by atoms with van der Waals surface area (Å²) in [7, 11) is 0. The minimum absolute atomic E-state index is 0.138. The SMILES string of the molecule is O=C(OC1[C@@H](Sc2ccccc2)OC(COCc2ccccc2)[C@@H](OCc2ccccc2)[C@@H]1OC(=O)c1ccccc1)c1ccccc1. The van der Waals surface area contributed by atoms with Crippen LogP contribution < -0.4 is 0 Å². The van der Waals surface area contributed by atoms with E-state index in [1.165, 1.54) is 11.8 Å². The van der Waals surface area contributed by atoms with Gasteiger partial charge in [-0.1, -0.05) is 127 Å². The van der Waals surface area contributed by atoms with Crippen LogP contribution in [-0.2, 0) is 36.9 Å². The normalized spacial score (nSPS) is 20.5. The number of carbonyl (C=O) groups excluding carboxylic acids is 2. The molecule has 48 heavy (non-hydrogen) atoms. The van der Waals surface area contributed by atoms with Crippen LogP contribution in [0.4, 0.5) is 0 Å². The zero-order valence-corrected chi connectivity index (χ0v) is 27.0. The van der Waals surface area contributed by atoms with Crippen molar-refractivity contribution in [2.45, 2.75) is 48.0 Å². The lowest BCUT2D eigenvalue weighted by atomic mass is 9.98. The van der Waals surface area contributed by atoms with Gasteiger partial charge >= 0.3 is 11.9 Å². The number of esters is 2. The molecule has 0 amide bonds. The van der Waals surface area contributed by atoms with Crippen LogP contribution in [0, 0.1) is 0 Å². The maximum absolute atomic E-state index is 13.7. The van der Waals surface area contributed by atoms with Crippen LogP contribution in [0.3, 0.4) is 0 Å². The molecule has 1 saturated heterocycles. The molecule has 5 aromatic carbocycles. The number of hydrogen-bond acceptors (Lipinski definition) is 8. The van der Waals surface area contributed by atoms with E-state index in [1.54, 1.807) is 48.5 Å². The molecule has 0 radical (unpaired) electrons. The molecule has 2 unspecified atom stereocenters. The molecule has 0 aromatic heterocycles. The summed E-state index contributed by atoms with van der Waals surface area (Å²) < 4.78 is 32.0. The van der Waals surface area contributed by atoms with Gasteiger partial charge in [0.2, 0.25) is 0 Å². The molecule has 7 nitrogen and oxygen atoms in total. The average molecular weight is 661 g/mol. The van der Waals surface area contributed by atoms with Gasteiger partial charge < -0.3 is 23.7 Å². The molecule has 1 aliphatic heterocycles. The third kappa shape index (κ3) is 8.99. The van der Waals surface area contributed by atoms with Crippen molar-refractivity contribution in [2.24, 2.45) is 0 Å². The Morgan fingerprint density at radius 3 is 1.54 bits per heavy atom. The summed E-state index contributed by atoms with van der Waals surface area (Å²) >= 11 is 1.38. The number of carbonyl (C=O) groups is 2. The minimum atomic E-state index is -1.05. The van der Waals surface area contributed by atoms with Crippen molar-refractivity contribution in [3.63, 3.8) is 0 Å². The predicted octanol–water partition coefficient (Wildman–Crippen LogP) is 7.76. The van der Waals surface area contributed by atoms with Gasteiger partial charge in [-0.3, -0.25) is 0 Å². The molecule has 0 spiro atoms. The van der Waals surface area contributed by atoms with Crippen LogP contribution in [0.15, 0.2) is 157 Å². The van der Waals surface area contributed by atoms with E-state index in [-0.39, 0.29) is 13.2 Å². The Hall–Kier alpha value is -4.73. The van der Waals surface area contributed by atoms with Crippen LogP contribution in [-0.4, -0.2) is 48.4 Å². The lowest BCUT2D eigenvalue weighted by molar-refractivity contribution is -0.228. The first-order valence-corrected chi connectivity index (χ1v) is 16.7. The molecule has 1 aliphatic rings. The van der Waals surface area contributed by atoms with Crippen LogP contribution in [0.5, 0.6) is 0 Å². The standard InChI is InChI=1S/C40H36O7S/c41-38(31-20-10-3-11-21-31)46-36-35(44-27-30-18-8-2-9-19-30)34(28-43-26-29-16-6-1-7-17-29)45-40(48-33-24-14-5-15-25-33)37(36)47-39(42)32-22-12-4-13-23-32/h1-25,34-37,40H,26-28H2/t34?,35-,36+,37?,40-/m1/s1. The van der Waals surface area contributed by atoms with Gasteiger partial charge in [0.1, 0.15) is 17.6 Å².